The Bertz CT molecular complexity index is 1240. The van der Waals surface area contributed by atoms with E-state index < -0.39 is 35.0 Å². The van der Waals surface area contributed by atoms with Crippen LogP contribution >= 0.6 is 0 Å². The molecule has 1 N–H and O–H groups in total. The summed E-state index contributed by atoms with van der Waals surface area (Å²) in [5.41, 5.74) is -0.199. The molecule has 9 heteroatoms. The first-order valence-corrected chi connectivity index (χ1v) is 9.88. The van der Waals surface area contributed by atoms with E-state index in [2.05, 4.69) is 4.98 Å². The minimum atomic E-state index is -4.94. The van der Waals surface area contributed by atoms with Gasteiger partial charge in [0.1, 0.15) is 5.82 Å². The monoisotopic (exact) mass is 446 g/mol. The van der Waals surface area contributed by atoms with Gasteiger partial charge < -0.3 is 14.6 Å². The van der Waals surface area contributed by atoms with Crippen molar-refractivity contribution in [3.63, 3.8) is 0 Å². The van der Waals surface area contributed by atoms with Crippen LogP contribution in [0.4, 0.5) is 17.6 Å². The van der Waals surface area contributed by atoms with Crippen LogP contribution in [0.5, 0.6) is 0 Å². The van der Waals surface area contributed by atoms with E-state index in [1.807, 2.05) is 24.3 Å². The predicted octanol–water partition coefficient (Wildman–Crippen LogP) is 4.93. The number of H-pyrrole nitrogens is 1. The first kappa shape index (κ1) is 21.6. The molecule has 1 aliphatic heterocycles. The number of aromatic amines is 1. The molecule has 2 heterocycles. The van der Waals surface area contributed by atoms with E-state index in [0.717, 1.165) is 33.5 Å². The highest BCUT2D eigenvalue weighted by molar-refractivity contribution is 6.18. The van der Waals surface area contributed by atoms with Gasteiger partial charge in [-0.15, -0.1) is 0 Å². The highest BCUT2D eigenvalue weighted by atomic mass is 19.4. The van der Waals surface area contributed by atoms with Crippen LogP contribution in [-0.2, 0) is 22.1 Å². The average molecular weight is 446 g/mol. The second kappa shape index (κ2) is 8.14. The minimum Gasteiger partial charge on any atom is -0.462 e. The molecule has 0 saturated carbocycles. The summed E-state index contributed by atoms with van der Waals surface area (Å²) in [6.45, 7) is 1.75. The van der Waals surface area contributed by atoms with Crippen molar-refractivity contribution in [2.75, 3.05) is 13.2 Å². The van der Waals surface area contributed by atoms with Crippen LogP contribution in [0.1, 0.15) is 34.1 Å². The van der Waals surface area contributed by atoms with E-state index in [1.54, 1.807) is 6.92 Å². The number of hydrogen-bond acceptors (Lipinski definition) is 3. The first-order chi connectivity index (χ1) is 15.2. The van der Waals surface area contributed by atoms with Gasteiger partial charge >= 0.3 is 12.1 Å². The first-order valence-electron chi connectivity index (χ1n) is 9.88. The van der Waals surface area contributed by atoms with E-state index in [1.165, 1.54) is 6.20 Å². The molecule has 0 fully saturated rings. The molecule has 0 spiro atoms. The normalized spacial score (nSPS) is 14.0. The molecule has 3 aromatic rings. The van der Waals surface area contributed by atoms with Crippen LogP contribution in [0, 0.1) is 5.82 Å². The summed E-state index contributed by atoms with van der Waals surface area (Å²) in [5.74, 6) is -3.33. The Kier molecular flexibility index (Phi) is 5.50. The van der Waals surface area contributed by atoms with Crippen molar-refractivity contribution >= 4 is 28.4 Å². The fraction of sp³-hybridized carbons (Fsp3) is 0.217. The van der Waals surface area contributed by atoms with Crippen molar-refractivity contribution in [3.8, 4) is 0 Å². The molecule has 0 atom stereocenters. The Balaban J connectivity index is 1.80. The number of carbonyl (C=O) groups excluding carboxylic acids is 2. The molecular formula is C23H18F4N2O3. The SMILES string of the molecule is CCOC(=O)C1=CN(C(=O)c2cccc(C(F)(F)F)c2F)CCc2c1[nH]c1ccccc21. The van der Waals surface area contributed by atoms with Gasteiger partial charge in [0.15, 0.2) is 0 Å². The van der Waals surface area contributed by atoms with E-state index in [4.69, 9.17) is 4.74 Å². The molecule has 1 aliphatic rings. The van der Waals surface area contributed by atoms with Gasteiger partial charge in [-0.05, 0) is 37.1 Å². The summed E-state index contributed by atoms with van der Waals surface area (Å²) in [6.07, 6.45) is -3.44. The van der Waals surface area contributed by atoms with E-state index >= 15 is 0 Å². The summed E-state index contributed by atoms with van der Waals surface area (Å²) >= 11 is 0. The zero-order chi connectivity index (χ0) is 23.0. The summed E-state index contributed by atoms with van der Waals surface area (Å²) < 4.78 is 59.0. The van der Waals surface area contributed by atoms with Gasteiger partial charge in [0, 0.05) is 23.6 Å². The molecule has 1 aromatic heterocycles. The van der Waals surface area contributed by atoms with Gasteiger partial charge in [-0.2, -0.15) is 13.2 Å². The number of nitrogens with one attached hydrogen (secondary N) is 1. The van der Waals surface area contributed by atoms with Crippen molar-refractivity contribution in [2.45, 2.75) is 19.5 Å². The van der Waals surface area contributed by atoms with Crippen molar-refractivity contribution in [1.82, 2.24) is 9.88 Å². The molecular weight excluding hydrogens is 428 g/mol. The lowest BCUT2D eigenvalue weighted by molar-refractivity contribution is -0.140. The molecule has 0 aliphatic carbocycles. The minimum absolute atomic E-state index is 0.0340. The van der Waals surface area contributed by atoms with Gasteiger partial charge in [0.05, 0.1) is 29.0 Å². The van der Waals surface area contributed by atoms with Crippen LogP contribution < -0.4 is 0 Å². The Morgan fingerprint density at radius 3 is 2.59 bits per heavy atom. The van der Waals surface area contributed by atoms with Gasteiger partial charge in [0.2, 0.25) is 0 Å². The van der Waals surface area contributed by atoms with E-state index in [-0.39, 0.29) is 18.7 Å². The lowest BCUT2D eigenvalue weighted by Gasteiger charge is -2.19. The predicted molar refractivity (Wildman–Crippen MR) is 109 cm³/mol. The Morgan fingerprint density at radius 2 is 1.88 bits per heavy atom. The molecule has 5 nitrogen and oxygen atoms in total. The van der Waals surface area contributed by atoms with E-state index in [0.29, 0.717) is 18.2 Å². The van der Waals surface area contributed by atoms with Gasteiger partial charge in [0.25, 0.3) is 5.91 Å². The molecule has 0 radical (unpaired) electrons. The van der Waals surface area contributed by atoms with Crippen LogP contribution in [0.2, 0.25) is 0 Å². The molecule has 0 bridgehead atoms. The number of para-hydroxylation sites is 1. The molecule has 2 aromatic carbocycles. The molecule has 166 valence electrons. The van der Waals surface area contributed by atoms with Crippen LogP contribution in [0.25, 0.3) is 16.5 Å². The number of esters is 1. The number of alkyl halides is 3. The number of fused-ring (bicyclic) bond motifs is 3. The zero-order valence-corrected chi connectivity index (χ0v) is 16.9. The van der Waals surface area contributed by atoms with Crippen molar-refractivity contribution in [1.29, 1.82) is 0 Å². The topological polar surface area (TPSA) is 62.4 Å². The van der Waals surface area contributed by atoms with Crippen LogP contribution in [0.15, 0.2) is 48.7 Å². The number of aromatic nitrogens is 1. The Labute approximate surface area is 180 Å². The summed E-state index contributed by atoms with van der Waals surface area (Å²) in [7, 11) is 0. The number of carbonyl (C=O) groups is 2. The smallest absolute Gasteiger partial charge is 0.419 e. The highest BCUT2D eigenvalue weighted by Crippen LogP contribution is 2.34. The lowest BCUT2D eigenvalue weighted by atomic mass is 10.0. The maximum absolute atomic E-state index is 14.6. The van der Waals surface area contributed by atoms with Gasteiger partial charge in [-0.1, -0.05) is 24.3 Å². The van der Waals surface area contributed by atoms with Crippen LogP contribution in [0.3, 0.4) is 0 Å². The third-order valence-corrected chi connectivity index (χ3v) is 5.26. The van der Waals surface area contributed by atoms with Crippen molar-refractivity contribution in [3.05, 3.63) is 76.9 Å². The Hall–Kier alpha value is -3.62. The maximum atomic E-state index is 14.6. The molecule has 4 rings (SSSR count). The zero-order valence-electron chi connectivity index (χ0n) is 16.9. The number of hydrogen-bond donors (Lipinski definition) is 1. The maximum Gasteiger partial charge on any atom is 0.419 e. The quantitative estimate of drug-likeness (QED) is 0.459. The highest BCUT2D eigenvalue weighted by Gasteiger charge is 2.36. The Morgan fingerprint density at radius 1 is 1.12 bits per heavy atom. The van der Waals surface area contributed by atoms with Gasteiger partial charge in [-0.25, -0.2) is 9.18 Å². The number of ether oxygens (including phenoxy) is 1. The molecule has 0 saturated heterocycles. The number of benzene rings is 2. The second-order valence-electron chi connectivity index (χ2n) is 7.20. The lowest BCUT2D eigenvalue weighted by Crippen LogP contribution is -2.29. The van der Waals surface area contributed by atoms with Crippen molar-refractivity contribution < 1.29 is 31.9 Å². The van der Waals surface area contributed by atoms with Crippen molar-refractivity contribution in [2.24, 2.45) is 0 Å². The van der Waals surface area contributed by atoms with Gasteiger partial charge in [-0.3, -0.25) is 4.79 Å². The summed E-state index contributed by atoms with van der Waals surface area (Å²) in [6, 6.07) is 9.90. The molecule has 1 amide bonds. The molecule has 32 heavy (non-hydrogen) atoms. The average Bonchev–Trinajstić information content (AvgIpc) is 3.00. The third-order valence-electron chi connectivity index (χ3n) is 5.26. The summed E-state index contributed by atoms with van der Waals surface area (Å²) in [5, 5.41) is 0.845. The summed E-state index contributed by atoms with van der Waals surface area (Å²) in [4.78, 5) is 29.9. The molecule has 0 unspecified atom stereocenters. The number of halogens is 4. The third kappa shape index (κ3) is 3.74. The van der Waals surface area contributed by atoms with Crippen LogP contribution in [-0.4, -0.2) is 34.9 Å². The number of amides is 1. The fourth-order valence-corrected chi connectivity index (χ4v) is 3.80. The standard InChI is InChI=1S/C23H18F4N2O3/c1-2-32-22(31)16-12-29(11-10-14-13-6-3-4-9-18(13)28-20(14)16)21(30)15-7-5-8-17(19(15)24)23(25,26)27/h3-9,12,28H,2,10-11H2,1H3. The van der Waals surface area contributed by atoms with E-state index in [9.17, 15) is 27.2 Å². The number of nitrogens with zero attached hydrogens (tertiary/aromatic N) is 1. The fourth-order valence-electron chi connectivity index (χ4n) is 3.80. The second-order valence-corrected chi connectivity index (χ2v) is 7.20. The largest absolute Gasteiger partial charge is 0.462 e. The number of rotatable bonds is 3.